The van der Waals surface area contributed by atoms with E-state index in [2.05, 4.69) is 10.3 Å². The van der Waals surface area contributed by atoms with E-state index in [0.717, 1.165) is 0 Å². The molecule has 3 aromatic rings. The summed E-state index contributed by atoms with van der Waals surface area (Å²) in [4.78, 5) is 29.9. The van der Waals surface area contributed by atoms with Crippen molar-refractivity contribution in [3.63, 3.8) is 0 Å². The molecule has 160 valence electrons. The normalized spacial score (nSPS) is 11.5. The number of rotatable bonds is 8. The fourth-order valence-corrected chi connectivity index (χ4v) is 3.92. The molecular weight excluding hydrogens is 436 g/mol. The van der Waals surface area contributed by atoms with Crippen LogP contribution in [0.15, 0.2) is 71.9 Å². The Kier molecular flexibility index (Phi) is 7.92. The van der Waals surface area contributed by atoms with E-state index in [9.17, 15) is 9.59 Å². The fraction of sp³-hybridized carbons (Fsp3) is 0.174. The van der Waals surface area contributed by atoms with Crippen LogP contribution in [-0.4, -0.2) is 29.2 Å². The van der Waals surface area contributed by atoms with E-state index < -0.39 is 11.2 Å². The number of carbonyl (C=O) groups excluding carboxylic acids is 2. The highest BCUT2D eigenvalue weighted by Crippen LogP contribution is 2.31. The number of anilines is 1. The molecule has 3 rings (SSSR count). The Balaban J connectivity index is 1.77. The van der Waals surface area contributed by atoms with Gasteiger partial charge in [0.15, 0.2) is 0 Å². The summed E-state index contributed by atoms with van der Waals surface area (Å²) < 4.78 is 10.7. The molecule has 31 heavy (non-hydrogen) atoms. The van der Waals surface area contributed by atoms with E-state index in [1.54, 1.807) is 61.8 Å². The van der Waals surface area contributed by atoms with Gasteiger partial charge < -0.3 is 14.8 Å². The molecule has 0 spiro atoms. The zero-order valence-corrected chi connectivity index (χ0v) is 18.6. The number of ether oxygens (including phenoxy) is 2. The Morgan fingerprint density at radius 2 is 1.77 bits per heavy atom. The zero-order chi connectivity index (χ0) is 22.2. The smallest absolute Gasteiger partial charge is 0.346 e. The highest BCUT2D eigenvalue weighted by Gasteiger charge is 2.24. The van der Waals surface area contributed by atoms with E-state index in [1.165, 1.54) is 11.8 Å². The van der Waals surface area contributed by atoms with Gasteiger partial charge in [0, 0.05) is 6.20 Å². The van der Waals surface area contributed by atoms with Crippen molar-refractivity contribution in [3.8, 4) is 11.5 Å². The standard InChI is InChI=1S/C23H21ClN2O4S/c1-3-20(21(27)26-17-11-5-7-13-19(17)29-2)31-22-15(9-8-14-25-22)23(28)30-18-12-6-4-10-16(18)24/h4-14,20H,3H2,1-2H3,(H,26,27)/t20-/m1/s1. The van der Waals surface area contributed by atoms with Crippen molar-refractivity contribution in [3.05, 3.63) is 77.4 Å². The van der Waals surface area contributed by atoms with Crippen LogP contribution in [0.25, 0.3) is 0 Å². The van der Waals surface area contributed by atoms with Crippen LogP contribution in [0.3, 0.4) is 0 Å². The maximum atomic E-state index is 12.9. The van der Waals surface area contributed by atoms with Crippen molar-refractivity contribution < 1.29 is 19.1 Å². The third kappa shape index (κ3) is 5.77. The van der Waals surface area contributed by atoms with E-state index in [-0.39, 0.29) is 17.2 Å². The van der Waals surface area contributed by atoms with Crippen LogP contribution in [0, 0.1) is 0 Å². The van der Waals surface area contributed by atoms with Gasteiger partial charge in [-0.1, -0.05) is 54.6 Å². The van der Waals surface area contributed by atoms with Crippen LogP contribution in [0.2, 0.25) is 5.02 Å². The third-order valence-electron chi connectivity index (χ3n) is 4.31. The SMILES string of the molecule is CC[C@@H](Sc1ncccc1C(=O)Oc1ccccc1Cl)C(=O)Nc1ccccc1OC. The van der Waals surface area contributed by atoms with Crippen molar-refractivity contribution in [1.29, 1.82) is 0 Å². The first-order valence-electron chi connectivity index (χ1n) is 9.55. The Labute approximate surface area is 189 Å². The minimum absolute atomic E-state index is 0.215. The minimum Gasteiger partial charge on any atom is -0.495 e. The first-order valence-corrected chi connectivity index (χ1v) is 10.8. The van der Waals surface area contributed by atoms with E-state index >= 15 is 0 Å². The molecule has 0 bridgehead atoms. The number of halogens is 1. The maximum absolute atomic E-state index is 12.9. The molecule has 0 unspecified atom stereocenters. The molecule has 0 radical (unpaired) electrons. The highest BCUT2D eigenvalue weighted by molar-refractivity contribution is 8.00. The molecule has 0 aliphatic carbocycles. The molecule has 6 nitrogen and oxygen atoms in total. The maximum Gasteiger partial charge on any atom is 0.346 e. The second-order valence-electron chi connectivity index (χ2n) is 6.38. The molecule has 1 amide bonds. The van der Waals surface area contributed by atoms with E-state index in [0.29, 0.717) is 27.9 Å². The molecule has 2 aromatic carbocycles. The Hall–Kier alpha value is -3.03. The van der Waals surface area contributed by atoms with Gasteiger partial charge in [-0.3, -0.25) is 4.79 Å². The van der Waals surface area contributed by atoms with Crippen LogP contribution in [0.5, 0.6) is 11.5 Å². The van der Waals surface area contributed by atoms with E-state index in [4.69, 9.17) is 21.1 Å². The average molecular weight is 457 g/mol. The first kappa shape index (κ1) is 22.7. The second kappa shape index (κ2) is 10.8. The highest BCUT2D eigenvalue weighted by atomic mass is 35.5. The monoisotopic (exact) mass is 456 g/mol. The number of hydrogen-bond acceptors (Lipinski definition) is 6. The molecule has 0 saturated heterocycles. The number of methoxy groups -OCH3 is 1. The first-order chi connectivity index (χ1) is 15.0. The summed E-state index contributed by atoms with van der Waals surface area (Å²) in [5.74, 6) is 0.0178. The molecule has 1 N–H and O–H groups in total. The van der Waals surface area contributed by atoms with Gasteiger partial charge in [0.2, 0.25) is 5.91 Å². The van der Waals surface area contributed by atoms with Gasteiger partial charge in [0.1, 0.15) is 16.5 Å². The fourth-order valence-electron chi connectivity index (χ4n) is 2.74. The molecule has 0 aliphatic heterocycles. The van der Waals surface area contributed by atoms with Gasteiger partial charge in [-0.2, -0.15) is 0 Å². The van der Waals surface area contributed by atoms with Gasteiger partial charge in [-0.25, -0.2) is 9.78 Å². The average Bonchev–Trinajstić information content (AvgIpc) is 2.79. The molecule has 1 heterocycles. The lowest BCUT2D eigenvalue weighted by Crippen LogP contribution is -2.25. The summed E-state index contributed by atoms with van der Waals surface area (Å²) in [6.45, 7) is 1.89. The number of aromatic nitrogens is 1. The summed E-state index contributed by atoms with van der Waals surface area (Å²) in [6.07, 6.45) is 2.10. The largest absolute Gasteiger partial charge is 0.495 e. The quantitative estimate of drug-likeness (QED) is 0.275. The molecular formula is C23H21ClN2O4S. The predicted molar refractivity (Wildman–Crippen MR) is 122 cm³/mol. The number of carbonyl (C=O) groups is 2. The van der Waals surface area contributed by atoms with Crippen molar-refractivity contribution in [1.82, 2.24) is 4.98 Å². The van der Waals surface area contributed by atoms with E-state index in [1.807, 2.05) is 19.1 Å². The summed E-state index contributed by atoms with van der Waals surface area (Å²) >= 11 is 7.29. The summed E-state index contributed by atoms with van der Waals surface area (Å²) in [6, 6.07) is 17.1. The second-order valence-corrected chi connectivity index (χ2v) is 7.98. The lowest BCUT2D eigenvalue weighted by atomic mass is 10.2. The molecule has 1 atom stereocenters. The number of para-hydroxylation sites is 3. The summed E-state index contributed by atoms with van der Waals surface area (Å²) in [7, 11) is 1.54. The third-order valence-corrected chi connectivity index (χ3v) is 6.01. The van der Waals surface area contributed by atoms with Crippen LogP contribution < -0.4 is 14.8 Å². The molecule has 1 aromatic heterocycles. The number of amides is 1. The van der Waals surface area contributed by atoms with Crippen LogP contribution in [0.1, 0.15) is 23.7 Å². The molecule has 8 heteroatoms. The predicted octanol–water partition coefficient (Wildman–Crippen LogP) is 5.47. The lowest BCUT2D eigenvalue weighted by molar-refractivity contribution is -0.115. The van der Waals surface area contributed by atoms with Crippen molar-refractivity contribution in [2.45, 2.75) is 23.6 Å². The number of nitrogens with one attached hydrogen (secondary N) is 1. The lowest BCUT2D eigenvalue weighted by Gasteiger charge is -2.17. The minimum atomic E-state index is -0.594. The summed E-state index contributed by atoms with van der Waals surface area (Å²) in [5.41, 5.74) is 0.837. The molecule has 0 saturated carbocycles. The number of pyridine rings is 1. The van der Waals surface area contributed by atoms with Crippen molar-refractivity contribution in [2.75, 3.05) is 12.4 Å². The molecule has 0 aliphatic rings. The van der Waals surface area contributed by atoms with Gasteiger partial charge in [0.25, 0.3) is 0 Å². The van der Waals surface area contributed by atoms with Crippen molar-refractivity contribution in [2.24, 2.45) is 0 Å². The van der Waals surface area contributed by atoms with Gasteiger partial charge in [0.05, 0.1) is 28.6 Å². The summed E-state index contributed by atoms with van der Waals surface area (Å²) in [5, 5.41) is 3.14. The Morgan fingerprint density at radius 1 is 1.06 bits per heavy atom. The Morgan fingerprint density at radius 3 is 2.48 bits per heavy atom. The van der Waals surface area contributed by atoms with Crippen molar-refractivity contribution >= 4 is 40.9 Å². The van der Waals surface area contributed by atoms with Crippen LogP contribution in [0.4, 0.5) is 5.69 Å². The van der Waals surface area contributed by atoms with Gasteiger partial charge in [-0.15, -0.1) is 0 Å². The number of hydrogen-bond donors (Lipinski definition) is 1. The topological polar surface area (TPSA) is 77.5 Å². The number of thioether (sulfide) groups is 1. The number of esters is 1. The van der Waals surface area contributed by atoms with Crippen LogP contribution in [-0.2, 0) is 4.79 Å². The zero-order valence-electron chi connectivity index (χ0n) is 17.0. The number of benzene rings is 2. The van der Waals surface area contributed by atoms with Gasteiger partial charge >= 0.3 is 5.97 Å². The van der Waals surface area contributed by atoms with Crippen LogP contribution >= 0.6 is 23.4 Å². The Bertz CT molecular complexity index is 1080. The molecule has 0 fully saturated rings. The van der Waals surface area contributed by atoms with Gasteiger partial charge in [-0.05, 0) is 42.8 Å². The number of nitrogens with zero attached hydrogens (tertiary/aromatic N) is 1.